The van der Waals surface area contributed by atoms with Gasteiger partial charge in [0.15, 0.2) is 0 Å². The Labute approximate surface area is 225 Å². The van der Waals surface area contributed by atoms with Crippen molar-refractivity contribution in [2.75, 3.05) is 6.61 Å². The monoisotopic (exact) mass is 556 g/mol. The number of nitrogens with two attached hydrogens (primary N) is 1. The number of halogens is 4. The van der Waals surface area contributed by atoms with E-state index in [1.807, 2.05) is 37.3 Å². The number of nitrogens with zero attached hydrogens (tertiary/aromatic N) is 2. The normalized spacial score (nSPS) is 12.1. The van der Waals surface area contributed by atoms with Crippen LogP contribution in [0.1, 0.15) is 11.3 Å². The maximum absolute atomic E-state index is 15.2. The number of pyridine rings is 1. The molecule has 208 valence electrons. The number of rotatable bonds is 7. The van der Waals surface area contributed by atoms with Gasteiger partial charge in [-0.1, -0.05) is 30.3 Å². The van der Waals surface area contributed by atoms with Crippen LogP contribution in [0.25, 0.3) is 33.3 Å². The van der Waals surface area contributed by atoms with Gasteiger partial charge in [0.25, 0.3) is 0 Å². The Hall–Kier alpha value is -4.71. The summed E-state index contributed by atoms with van der Waals surface area (Å²) in [6.07, 6.45) is 0.384. The third-order valence-corrected chi connectivity index (χ3v) is 5.83. The smallest absolute Gasteiger partial charge is 0.490 e. The van der Waals surface area contributed by atoms with E-state index >= 15 is 4.39 Å². The molecule has 5 aromatic rings. The Bertz CT molecular complexity index is 1590. The Kier molecular flexibility index (Phi) is 8.49. The minimum absolute atomic E-state index is 0.189. The molecular weight excluding hydrogens is 532 g/mol. The molecule has 0 bridgehead atoms. The molecule has 0 aliphatic rings. The summed E-state index contributed by atoms with van der Waals surface area (Å²) in [6, 6.07) is 16.6. The van der Waals surface area contributed by atoms with E-state index in [9.17, 15) is 13.2 Å². The highest BCUT2D eigenvalue weighted by Gasteiger charge is 2.38. The number of aromatic amines is 1. The van der Waals surface area contributed by atoms with Gasteiger partial charge in [0.05, 0.1) is 29.9 Å². The van der Waals surface area contributed by atoms with Gasteiger partial charge < -0.3 is 20.0 Å². The lowest BCUT2D eigenvalue weighted by Gasteiger charge is -2.15. The van der Waals surface area contributed by atoms with Gasteiger partial charge in [-0.25, -0.2) is 9.18 Å². The number of furan rings is 1. The topological polar surface area (TPSA) is 127 Å². The van der Waals surface area contributed by atoms with Crippen LogP contribution in [-0.4, -0.2) is 45.1 Å². The van der Waals surface area contributed by atoms with Gasteiger partial charge in [-0.2, -0.15) is 18.3 Å². The summed E-state index contributed by atoms with van der Waals surface area (Å²) < 4.78 is 58.1. The van der Waals surface area contributed by atoms with Crippen LogP contribution in [0.2, 0.25) is 0 Å². The lowest BCUT2D eigenvalue weighted by Crippen LogP contribution is -2.30. The number of nitrogens with one attached hydrogen (secondary N) is 1. The first-order valence-electron chi connectivity index (χ1n) is 11.9. The third kappa shape index (κ3) is 6.83. The summed E-state index contributed by atoms with van der Waals surface area (Å²) >= 11 is 0. The van der Waals surface area contributed by atoms with Crippen LogP contribution in [0, 0.1) is 12.7 Å². The quantitative estimate of drug-likeness (QED) is 0.213. The van der Waals surface area contributed by atoms with Gasteiger partial charge in [0.1, 0.15) is 18.2 Å². The van der Waals surface area contributed by atoms with E-state index in [1.54, 1.807) is 36.9 Å². The summed E-state index contributed by atoms with van der Waals surface area (Å²) in [5, 5.41) is 15.0. The number of H-pyrrole nitrogens is 1. The first-order chi connectivity index (χ1) is 19.0. The average molecular weight is 557 g/mol. The number of ether oxygens (including phenoxy) is 1. The van der Waals surface area contributed by atoms with E-state index in [4.69, 9.17) is 24.8 Å². The van der Waals surface area contributed by atoms with E-state index in [1.165, 1.54) is 6.07 Å². The van der Waals surface area contributed by atoms with E-state index < -0.39 is 18.0 Å². The molecule has 40 heavy (non-hydrogen) atoms. The predicted octanol–water partition coefficient (Wildman–Crippen LogP) is 5.91. The number of aromatic nitrogens is 3. The van der Waals surface area contributed by atoms with Crippen LogP contribution in [0.5, 0.6) is 5.75 Å². The fraction of sp³-hybridized carbons (Fsp3) is 0.179. The molecule has 1 atom stereocenters. The van der Waals surface area contributed by atoms with Gasteiger partial charge >= 0.3 is 12.1 Å². The Morgan fingerprint density at radius 3 is 2.52 bits per heavy atom. The highest BCUT2D eigenvalue weighted by atomic mass is 19.4. The largest absolute Gasteiger partial charge is 0.490 e. The number of fused-ring (bicyclic) bond motifs is 1. The van der Waals surface area contributed by atoms with Crippen molar-refractivity contribution in [1.29, 1.82) is 0 Å². The van der Waals surface area contributed by atoms with Crippen molar-refractivity contribution in [1.82, 2.24) is 15.2 Å². The molecule has 0 aliphatic carbocycles. The molecule has 0 amide bonds. The molecule has 0 saturated carbocycles. The summed E-state index contributed by atoms with van der Waals surface area (Å²) in [5.41, 5.74) is 11.2. The average Bonchev–Trinajstić information content (AvgIpc) is 3.57. The minimum atomic E-state index is -5.08. The zero-order chi connectivity index (χ0) is 28.9. The lowest BCUT2D eigenvalue weighted by atomic mass is 9.98. The predicted molar refractivity (Wildman–Crippen MR) is 139 cm³/mol. The van der Waals surface area contributed by atoms with Crippen LogP contribution < -0.4 is 10.5 Å². The molecule has 0 fully saturated rings. The number of aliphatic carboxylic acids is 1. The Morgan fingerprint density at radius 1 is 1.15 bits per heavy atom. The number of hydrogen-bond acceptors (Lipinski definition) is 6. The van der Waals surface area contributed by atoms with Crippen molar-refractivity contribution in [2.45, 2.75) is 25.6 Å². The zero-order valence-corrected chi connectivity index (χ0v) is 21.1. The van der Waals surface area contributed by atoms with Crippen molar-refractivity contribution < 1.29 is 36.6 Å². The van der Waals surface area contributed by atoms with Gasteiger partial charge in [-0.15, -0.1) is 0 Å². The molecular formula is C28H24F4N4O4. The highest BCUT2D eigenvalue weighted by molar-refractivity contribution is 5.90. The number of carbonyl (C=O) groups is 1. The second kappa shape index (κ2) is 12.0. The zero-order valence-electron chi connectivity index (χ0n) is 21.1. The SMILES string of the molecule is Cc1[nH]nc2cc(F)c(-c3cc(OC[C@@H](N)Cc4ccccc4)cnc3-c3ccoc3)cc12.O=C(O)C(F)(F)F. The molecule has 0 spiro atoms. The van der Waals surface area contributed by atoms with Gasteiger partial charge in [-0.3, -0.25) is 10.1 Å². The lowest BCUT2D eigenvalue weighted by molar-refractivity contribution is -0.192. The van der Waals surface area contributed by atoms with Crippen molar-refractivity contribution >= 4 is 16.9 Å². The molecule has 3 heterocycles. The molecule has 0 radical (unpaired) electrons. The second-order valence-corrected chi connectivity index (χ2v) is 8.84. The molecule has 0 aliphatic heterocycles. The highest BCUT2D eigenvalue weighted by Crippen LogP contribution is 2.36. The fourth-order valence-corrected chi connectivity index (χ4v) is 3.90. The van der Waals surface area contributed by atoms with E-state index in [0.29, 0.717) is 41.1 Å². The van der Waals surface area contributed by atoms with Gasteiger partial charge in [0, 0.05) is 39.9 Å². The number of carboxylic acids is 1. The number of alkyl halides is 3. The molecule has 0 unspecified atom stereocenters. The fourth-order valence-electron chi connectivity index (χ4n) is 3.90. The van der Waals surface area contributed by atoms with Crippen LogP contribution in [0.4, 0.5) is 17.6 Å². The van der Waals surface area contributed by atoms with Gasteiger partial charge in [0.2, 0.25) is 0 Å². The number of benzene rings is 2. The van der Waals surface area contributed by atoms with Crippen molar-refractivity contribution in [3.05, 3.63) is 90.4 Å². The Balaban J connectivity index is 0.000000470. The number of hydrogen-bond donors (Lipinski definition) is 3. The van der Waals surface area contributed by atoms with E-state index in [0.717, 1.165) is 22.2 Å². The Morgan fingerprint density at radius 2 is 1.88 bits per heavy atom. The molecule has 4 N–H and O–H groups in total. The van der Waals surface area contributed by atoms with Crippen LogP contribution >= 0.6 is 0 Å². The molecule has 0 saturated heterocycles. The summed E-state index contributed by atoms with van der Waals surface area (Å²) in [6.45, 7) is 2.21. The number of aryl methyl sites for hydroxylation is 1. The molecule has 3 aromatic heterocycles. The summed E-state index contributed by atoms with van der Waals surface area (Å²) in [4.78, 5) is 13.5. The molecule has 2 aromatic carbocycles. The third-order valence-electron chi connectivity index (χ3n) is 5.83. The van der Waals surface area contributed by atoms with Crippen LogP contribution in [-0.2, 0) is 11.2 Å². The van der Waals surface area contributed by atoms with E-state index in [-0.39, 0.29) is 6.04 Å². The second-order valence-electron chi connectivity index (χ2n) is 8.84. The minimum Gasteiger partial charge on any atom is -0.490 e. The van der Waals surface area contributed by atoms with Crippen LogP contribution in [0.15, 0.2) is 77.7 Å². The summed E-state index contributed by atoms with van der Waals surface area (Å²) in [5.74, 6) is -2.63. The first kappa shape index (κ1) is 28.3. The molecule has 8 nitrogen and oxygen atoms in total. The number of carboxylic acid groups (broad SMARTS) is 1. The summed E-state index contributed by atoms with van der Waals surface area (Å²) in [7, 11) is 0. The van der Waals surface area contributed by atoms with Crippen LogP contribution in [0.3, 0.4) is 0 Å². The maximum Gasteiger partial charge on any atom is 0.490 e. The van der Waals surface area contributed by atoms with Crippen molar-refractivity contribution in [3.8, 4) is 28.1 Å². The molecule has 12 heteroatoms. The molecule has 5 rings (SSSR count). The van der Waals surface area contributed by atoms with E-state index in [2.05, 4.69) is 15.2 Å². The van der Waals surface area contributed by atoms with Crippen molar-refractivity contribution in [2.24, 2.45) is 5.73 Å². The first-order valence-corrected chi connectivity index (χ1v) is 11.9. The van der Waals surface area contributed by atoms with Gasteiger partial charge in [-0.05, 0) is 37.1 Å². The van der Waals surface area contributed by atoms with Crippen molar-refractivity contribution in [3.63, 3.8) is 0 Å². The maximum atomic E-state index is 15.2. The standard InChI is InChI=1S/C26H23FN4O2.C2HF3O2/c1-16-21-11-22(24(27)12-25(21)31-30-16)23-10-20(13-29-26(23)18-7-8-32-14-18)33-15-19(28)9-17-5-3-2-4-6-17;3-2(4,5)1(6)7/h2-8,10-14,19H,9,15,28H2,1H3,(H,30,31);(H,6,7)/t19-;/m0./s1.